The van der Waals surface area contributed by atoms with Gasteiger partial charge in [-0.2, -0.15) is 8.78 Å². The van der Waals surface area contributed by atoms with Gasteiger partial charge in [0, 0.05) is 39.8 Å². The molecular formula is C12H21F4N3O2. The summed E-state index contributed by atoms with van der Waals surface area (Å²) in [7, 11) is 1.55. The van der Waals surface area contributed by atoms with Crippen LogP contribution in [0, 0.1) is 0 Å². The van der Waals surface area contributed by atoms with Gasteiger partial charge in [0.25, 0.3) is 0 Å². The maximum absolute atomic E-state index is 12.9. The highest BCUT2D eigenvalue weighted by Crippen LogP contribution is 2.24. The number of hydrogen-bond acceptors (Lipinski definition) is 4. The molecule has 1 heterocycles. The number of amides is 1. The first-order valence-corrected chi connectivity index (χ1v) is 6.72. The molecule has 0 bridgehead atoms. The van der Waals surface area contributed by atoms with Crippen molar-refractivity contribution >= 4 is 5.91 Å². The fourth-order valence-corrected chi connectivity index (χ4v) is 2.00. The van der Waals surface area contributed by atoms with Crippen LogP contribution in [0.1, 0.15) is 0 Å². The monoisotopic (exact) mass is 315 g/mol. The van der Waals surface area contributed by atoms with Gasteiger partial charge in [-0.05, 0) is 0 Å². The molecule has 1 aliphatic heterocycles. The van der Waals surface area contributed by atoms with Crippen molar-refractivity contribution in [2.75, 3.05) is 59.5 Å². The molecule has 1 N–H and O–H groups in total. The average Bonchev–Trinajstić information content (AvgIpc) is 2.43. The lowest BCUT2D eigenvalue weighted by Crippen LogP contribution is -2.54. The predicted molar refractivity (Wildman–Crippen MR) is 68.7 cm³/mol. The molecule has 0 aromatic carbocycles. The molecule has 1 aliphatic rings. The highest BCUT2D eigenvalue weighted by atomic mass is 19.3. The first-order valence-electron chi connectivity index (χ1n) is 6.72. The number of halogens is 4. The molecule has 1 saturated heterocycles. The summed E-state index contributed by atoms with van der Waals surface area (Å²) in [5.74, 6) is -4.14. The van der Waals surface area contributed by atoms with Crippen LogP contribution in [-0.4, -0.2) is 87.6 Å². The third-order valence-electron chi connectivity index (χ3n) is 3.24. The molecular weight excluding hydrogens is 294 g/mol. The van der Waals surface area contributed by atoms with E-state index in [0.717, 1.165) is 0 Å². The quantitative estimate of drug-likeness (QED) is 0.516. The minimum absolute atomic E-state index is 0.133. The zero-order chi connectivity index (χ0) is 15.9. The summed E-state index contributed by atoms with van der Waals surface area (Å²) in [6, 6.07) is 0. The van der Waals surface area contributed by atoms with Crippen LogP contribution < -0.4 is 5.32 Å². The smallest absolute Gasteiger partial charge is 0.319 e. The van der Waals surface area contributed by atoms with Crippen molar-refractivity contribution in [2.45, 2.75) is 12.3 Å². The minimum Gasteiger partial charge on any atom is -0.383 e. The zero-order valence-electron chi connectivity index (χ0n) is 12.0. The van der Waals surface area contributed by atoms with Crippen LogP contribution in [0.2, 0.25) is 0 Å². The SMILES string of the molecule is COCCNCC(=O)N1CCN(CC(F)(F)C(F)F)CC1. The van der Waals surface area contributed by atoms with Crippen LogP contribution in [0.4, 0.5) is 17.6 Å². The van der Waals surface area contributed by atoms with Crippen molar-refractivity contribution in [3.63, 3.8) is 0 Å². The van der Waals surface area contributed by atoms with Crippen LogP contribution >= 0.6 is 0 Å². The summed E-state index contributed by atoms with van der Waals surface area (Å²) in [6.45, 7) is 1.09. The van der Waals surface area contributed by atoms with Gasteiger partial charge < -0.3 is 15.0 Å². The van der Waals surface area contributed by atoms with Gasteiger partial charge in [0.05, 0.1) is 19.7 Å². The third-order valence-corrected chi connectivity index (χ3v) is 3.24. The van der Waals surface area contributed by atoms with Crippen molar-refractivity contribution < 1.29 is 27.1 Å². The average molecular weight is 315 g/mol. The van der Waals surface area contributed by atoms with Gasteiger partial charge in [-0.1, -0.05) is 0 Å². The van der Waals surface area contributed by atoms with E-state index in [1.807, 2.05) is 0 Å². The van der Waals surface area contributed by atoms with Gasteiger partial charge in [0.2, 0.25) is 5.91 Å². The van der Waals surface area contributed by atoms with E-state index in [1.165, 1.54) is 9.80 Å². The molecule has 0 saturated carbocycles. The van der Waals surface area contributed by atoms with E-state index in [9.17, 15) is 22.4 Å². The Balaban J connectivity index is 2.27. The molecule has 0 radical (unpaired) electrons. The molecule has 1 amide bonds. The molecule has 0 aromatic rings. The lowest BCUT2D eigenvalue weighted by Gasteiger charge is -2.36. The lowest BCUT2D eigenvalue weighted by atomic mass is 10.2. The second-order valence-electron chi connectivity index (χ2n) is 4.89. The number of carbonyl (C=O) groups is 1. The van der Waals surface area contributed by atoms with Crippen LogP contribution in [0.15, 0.2) is 0 Å². The van der Waals surface area contributed by atoms with Gasteiger partial charge in [-0.25, -0.2) is 8.78 Å². The van der Waals surface area contributed by atoms with E-state index in [-0.39, 0.29) is 38.6 Å². The molecule has 1 rings (SSSR count). The van der Waals surface area contributed by atoms with E-state index >= 15 is 0 Å². The summed E-state index contributed by atoms with van der Waals surface area (Å²) in [6.07, 6.45) is -3.66. The number of nitrogens with zero attached hydrogens (tertiary/aromatic N) is 2. The molecule has 124 valence electrons. The number of carbonyl (C=O) groups excluding carboxylic acids is 1. The van der Waals surface area contributed by atoms with E-state index in [2.05, 4.69) is 5.32 Å². The van der Waals surface area contributed by atoms with E-state index in [4.69, 9.17) is 4.74 Å². The van der Waals surface area contributed by atoms with Crippen molar-refractivity contribution in [1.29, 1.82) is 0 Å². The van der Waals surface area contributed by atoms with Crippen LogP contribution in [0.25, 0.3) is 0 Å². The summed E-state index contributed by atoms with van der Waals surface area (Å²) >= 11 is 0. The van der Waals surface area contributed by atoms with E-state index < -0.39 is 18.9 Å². The number of hydrogen-bond donors (Lipinski definition) is 1. The molecule has 0 aromatic heterocycles. The van der Waals surface area contributed by atoms with Crippen molar-refractivity contribution in [2.24, 2.45) is 0 Å². The standard InChI is InChI=1S/C12H21F4N3O2/c1-21-7-2-17-8-10(20)19-5-3-18(4-6-19)9-12(15,16)11(13)14/h11,17H,2-9H2,1H3. The zero-order valence-corrected chi connectivity index (χ0v) is 12.0. The number of ether oxygens (including phenoxy) is 1. The molecule has 5 nitrogen and oxygen atoms in total. The molecule has 0 spiro atoms. The Labute approximate surface area is 121 Å². The Morgan fingerprint density at radius 3 is 2.43 bits per heavy atom. The Bertz CT molecular complexity index is 324. The Hall–Kier alpha value is -0.930. The largest absolute Gasteiger partial charge is 0.383 e. The van der Waals surface area contributed by atoms with Gasteiger partial charge in [-0.15, -0.1) is 0 Å². The van der Waals surface area contributed by atoms with E-state index in [0.29, 0.717) is 13.2 Å². The minimum atomic E-state index is -4.01. The molecule has 0 aliphatic carbocycles. The highest BCUT2D eigenvalue weighted by molar-refractivity contribution is 5.78. The maximum Gasteiger partial charge on any atom is 0.319 e. The van der Waals surface area contributed by atoms with Gasteiger partial charge in [-0.3, -0.25) is 9.69 Å². The number of alkyl halides is 4. The molecule has 0 atom stereocenters. The second kappa shape index (κ2) is 8.50. The Morgan fingerprint density at radius 1 is 1.29 bits per heavy atom. The first kappa shape index (κ1) is 18.1. The van der Waals surface area contributed by atoms with E-state index in [1.54, 1.807) is 7.11 Å². The van der Waals surface area contributed by atoms with Gasteiger partial charge >= 0.3 is 12.3 Å². The summed E-state index contributed by atoms with van der Waals surface area (Å²) in [4.78, 5) is 14.6. The second-order valence-corrected chi connectivity index (χ2v) is 4.89. The fourth-order valence-electron chi connectivity index (χ4n) is 2.00. The predicted octanol–water partition coefficient (Wildman–Crippen LogP) is 0.267. The molecule has 1 fully saturated rings. The van der Waals surface area contributed by atoms with Crippen molar-refractivity contribution in [1.82, 2.24) is 15.1 Å². The molecule has 9 heteroatoms. The third kappa shape index (κ3) is 6.15. The van der Waals surface area contributed by atoms with Gasteiger partial charge in [0.1, 0.15) is 0 Å². The molecule has 21 heavy (non-hydrogen) atoms. The summed E-state index contributed by atoms with van der Waals surface area (Å²) in [5.41, 5.74) is 0. The van der Waals surface area contributed by atoms with Crippen LogP contribution in [0.5, 0.6) is 0 Å². The first-order chi connectivity index (χ1) is 9.86. The normalized spacial score (nSPS) is 17.5. The van der Waals surface area contributed by atoms with Crippen molar-refractivity contribution in [3.8, 4) is 0 Å². The number of rotatable bonds is 8. The topological polar surface area (TPSA) is 44.8 Å². The van der Waals surface area contributed by atoms with Crippen LogP contribution in [0.3, 0.4) is 0 Å². The summed E-state index contributed by atoms with van der Waals surface area (Å²) in [5, 5.41) is 2.90. The Kier molecular flexibility index (Phi) is 7.33. The van der Waals surface area contributed by atoms with Crippen molar-refractivity contribution in [3.05, 3.63) is 0 Å². The van der Waals surface area contributed by atoms with Gasteiger partial charge in [0.15, 0.2) is 0 Å². The highest BCUT2D eigenvalue weighted by Gasteiger charge is 2.42. The number of nitrogens with one attached hydrogen (secondary N) is 1. The van der Waals surface area contributed by atoms with Crippen LogP contribution in [-0.2, 0) is 9.53 Å². The lowest BCUT2D eigenvalue weighted by molar-refractivity contribution is -0.148. The summed E-state index contributed by atoms with van der Waals surface area (Å²) < 4.78 is 54.9. The maximum atomic E-state index is 12.9. The Morgan fingerprint density at radius 2 is 1.90 bits per heavy atom. The fraction of sp³-hybridized carbons (Fsp3) is 0.917. The number of methoxy groups -OCH3 is 1. The number of piperazine rings is 1. The molecule has 0 unspecified atom stereocenters.